The molecule has 0 amide bonds. The molecule has 2 aromatic rings. The maximum Gasteiger partial charge on any atom is 0.402 e. The summed E-state index contributed by atoms with van der Waals surface area (Å²) in [5.41, 5.74) is 0.234. The molecule has 2 saturated heterocycles. The number of hydrogen-bond acceptors (Lipinski definition) is 6. The normalized spacial score (nSPS) is 29.3. The Morgan fingerprint density at radius 1 is 1.41 bits per heavy atom. The van der Waals surface area contributed by atoms with E-state index < -0.39 is 32.6 Å². The summed E-state index contributed by atoms with van der Waals surface area (Å²) in [5.74, 6) is -1.64. The van der Waals surface area contributed by atoms with Crippen molar-refractivity contribution < 1.29 is 21.6 Å². The second kappa shape index (κ2) is 6.06. The fourth-order valence-corrected chi connectivity index (χ4v) is 6.24. The number of sulfone groups is 1. The van der Waals surface area contributed by atoms with Gasteiger partial charge in [0.25, 0.3) is 0 Å². The van der Waals surface area contributed by atoms with Gasteiger partial charge in [-0.05, 0) is 18.4 Å². The Labute approximate surface area is 154 Å². The molecule has 4 rings (SSSR count). The molecule has 148 valence electrons. The Morgan fingerprint density at radius 2 is 2.19 bits per heavy atom. The maximum atomic E-state index is 12.7. The molecule has 2 aliphatic rings. The topological polar surface area (TPSA) is 91.0 Å². The molecule has 2 N–H and O–H groups in total. The lowest BCUT2D eigenvalue weighted by Crippen LogP contribution is -2.50. The fourth-order valence-electron chi connectivity index (χ4n) is 4.30. The summed E-state index contributed by atoms with van der Waals surface area (Å²) in [7, 11) is -4.32. The summed E-state index contributed by atoms with van der Waals surface area (Å²) in [5, 5.41) is 2.56. The monoisotopic (exact) mass is 403 g/mol. The van der Waals surface area contributed by atoms with Crippen molar-refractivity contribution >= 4 is 26.8 Å². The quantitative estimate of drug-likeness (QED) is 0.811. The Hall–Kier alpha value is -1.88. The first-order chi connectivity index (χ1) is 12.6. The second-order valence-electron chi connectivity index (χ2n) is 7.65. The van der Waals surface area contributed by atoms with Crippen LogP contribution in [0.25, 0.3) is 11.0 Å². The fraction of sp³-hybridized carbons (Fsp3) is 0.625. The van der Waals surface area contributed by atoms with Crippen LogP contribution in [0, 0.1) is 11.3 Å². The molecule has 0 aromatic carbocycles. The van der Waals surface area contributed by atoms with Crippen LogP contribution in [0.4, 0.5) is 19.1 Å². The predicted octanol–water partition coefficient (Wildman–Crippen LogP) is 1.70. The van der Waals surface area contributed by atoms with Crippen LogP contribution in [0.3, 0.4) is 0 Å². The first kappa shape index (κ1) is 18.5. The molecular weight excluding hydrogens is 383 g/mol. The van der Waals surface area contributed by atoms with E-state index in [9.17, 15) is 21.6 Å². The molecule has 0 saturated carbocycles. The van der Waals surface area contributed by atoms with Crippen LogP contribution in [-0.2, 0) is 9.84 Å². The van der Waals surface area contributed by atoms with E-state index in [4.69, 9.17) is 0 Å². The van der Waals surface area contributed by atoms with Crippen molar-refractivity contribution in [3.05, 3.63) is 18.5 Å². The highest BCUT2D eigenvalue weighted by Gasteiger charge is 2.54. The lowest BCUT2D eigenvalue weighted by atomic mass is 9.75. The molecule has 3 unspecified atom stereocenters. The van der Waals surface area contributed by atoms with Crippen LogP contribution in [0.15, 0.2) is 18.5 Å². The van der Waals surface area contributed by atoms with Crippen molar-refractivity contribution in [1.29, 1.82) is 0 Å². The highest BCUT2D eigenvalue weighted by Crippen LogP contribution is 2.44. The van der Waals surface area contributed by atoms with E-state index in [1.54, 1.807) is 12.4 Å². The standard InChI is InChI=1S/C16H20F3N5O2S/c1-15-7-22-13(27(25,26)9-16(17,18)19)11(15)3-5-24(8-15)14-21-6-10-2-4-20-12(10)23-14/h2,4,6,11,13,22H,3,5,7-9H2,1H3,(H,20,21,23). The van der Waals surface area contributed by atoms with Gasteiger partial charge in [-0.2, -0.15) is 18.2 Å². The Bertz CT molecular complexity index is 960. The third-order valence-electron chi connectivity index (χ3n) is 5.55. The number of anilines is 1. The third kappa shape index (κ3) is 3.38. The van der Waals surface area contributed by atoms with Gasteiger partial charge in [0.05, 0.1) is 0 Å². The number of halogens is 3. The summed E-state index contributed by atoms with van der Waals surface area (Å²) >= 11 is 0. The number of fused-ring (bicyclic) bond motifs is 2. The van der Waals surface area contributed by atoms with Crippen LogP contribution < -0.4 is 10.2 Å². The van der Waals surface area contributed by atoms with E-state index in [2.05, 4.69) is 20.3 Å². The number of hydrogen-bond donors (Lipinski definition) is 2. The zero-order valence-corrected chi connectivity index (χ0v) is 15.4. The Morgan fingerprint density at radius 3 is 2.93 bits per heavy atom. The lowest BCUT2D eigenvalue weighted by molar-refractivity contribution is -0.106. The summed E-state index contributed by atoms with van der Waals surface area (Å²) in [4.78, 5) is 13.9. The van der Waals surface area contributed by atoms with Gasteiger partial charge in [-0.15, -0.1) is 0 Å². The van der Waals surface area contributed by atoms with Crippen LogP contribution in [-0.4, -0.2) is 60.3 Å². The largest absolute Gasteiger partial charge is 0.402 e. The average Bonchev–Trinajstić information content (AvgIpc) is 3.14. The number of nitrogens with zero attached hydrogens (tertiary/aromatic N) is 3. The molecule has 0 spiro atoms. The number of alkyl halides is 3. The zero-order chi connectivity index (χ0) is 19.4. The van der Waals surface area contributed by atoms with Gasteiger partial charge < -0.3 is 15.2 Å². The molecule has 3 atom stereocenters. The molecule has 2 aromatic heterocycles. The van der Waals surface area contributed by atoms with E-state index in [1.807, 2.05) is 17.9 Å². The summed E-state index contributed by atoms with van der Waals surface area (Å²) in [6.07, 6.45) is -0.795. The van der Waals surface area contributed by atoms with Crippen molar-refractivity contribution in [2.24, 2.45) is 11.3 Å². The van der Waals surface area contributed by atoms with Crippen molar-refractivity contribution in [1.82, 2.24) is 20.3 Å². The van der Waals surface area contributed by atoms with Gasteiger partial charge in [0.15, 0.2) is 9.84 Å². The zero-order valence-electron chi connectivity index (χ0n) is 14.6. The van der Waals surface area contributed by atoms with Gasteiger partial charge in [-0.1, -0.05) is 6.92 Å². The van der Waals surface area contributed by atoms with Gasteiger partial charge in [0.1, 0.15) is 16.8 Å². The highest BCUT2D eigenvalue weighted by atomic mass is 32.2. The minimum absolute atomic E-state index is 0.334. The Balaban J connectivity index is 1.55. The van der Waals surface area contributed by atoms with E-state index in [1.165, 1.54) is 0 Å². The molecule has 7 nitrogen and oxygen atoms in total. The van der Waals surface area contributed by atoms with Gasteiger partial charge in [-0.25, -0.2) is 13.4 Å². The summed E-state index contributed by atoms with van der Waals surface area (Å²) < 4.78 is 62.6. The molecule has 0 bridgehead atoms. The van der Waals surface area contributed by atoms with Gasteiger partial charge >= 0.3 is 6.18 Å². The number of rotatable bonds is 3. The number of piperidine rings is 1. The highest BCUT2D eigenvalue weighted by molar-refractivity contribution is 7.92. The minimum Gasteiger partial charge on any atom is -0.346 e. The second-order valence-corrected chi connectivity index (χ2v) is 9.77. The van der Waals surface area contributed by atoms with Crippen molar-refractivity contribution in [2.45, 2.75) is 24.9 Å². The smallest absolute Gasteiger partial charge is 0.346 e. The van der Waals surface area contributed by atoms with Gasteiger partial charge in [0, 0.05) is 42.8 Å². The first-order valence-electron chi connectivity index (χ1n) is 8.64. The molecule has 11 heteroatoms. The molecule has 4 heterocycles. The van der Waals surface area contributed by atoms with E-state index >= 15 is 0 Å². The number of aromatic nitrogens is 3. The first-order valence-corrected chi connectivity index (χ1v) is 10.4. The average molecular weight is 403 g/mol. The molecular formula is C16H20F3N5O2S. The van der Waals surface area contributed by atoms with Gasteiger partial charge in [-0.3, -0.25) is 0 Å². The Kier molecular flexibility index (Phi) is 4.15. The molecule has 27 heavy (non-hydrogen) atoms. The summed E-state index contributed by atoms with van der Waals surface area (Å²) in [6, 6.07) is 1.86. The molecule has 2 aliphatic heterocycles. The van der Waals surface area contributed by atoms with Gasteiger partial charge in [0.2, 0.25) is 5.95 Å². The van der Waals surface area contributed by atoms with Crippen LogP contribution in [0.5, 0.6) is 0 Å². The van der Waals surface area contributed by atoms with Crippen LogP contribution in [0.1, 0.15) is 13.3 Å². The van der Waals surface area contributed by atoms with E-state index in [0.29, 0.717) is 37.7 Å². The van der Waals surface area contributed by atoms with Crippen molar-refractivity contribution in [2.75, 3.05) is 30.3 Å². The summed E-state index contributed by atoms with van der Waals surface area (Å²) in [6.45, 7) is 3.22. The third-order valence-corrected chi connectivity index (χ3v) is 7.55. The van der Waals surface area contributed by atoms with Crippen LogP contribution in [0.2, 0.25) is 0 Å². The minimum atomic E-state index is -4.74. The number of nitrogens with one attached hydrogen (secondary N) is 2. The molecule has 0 radical (unpaired) electrons. The SMILES string of the molecule is CC12CNC(S(=O)(=O)CC(F)(F)F)C1CCN(c1ncc3cc[nH]c3n1)C2. The van der Waals surface area contributed by atoms with Crippen molar-refractivity contribution in [3.63, 3.8) is 0 Å². The predicted molar refractivity (Wildman–Crippen MR) is 93.9 cm³/mol. The number of H-pyrrole nitrogens is 1. The van der Waals surface area contributed by atoms with E-state index in [0.717, 1.165) is 5.39 Å². The van der Waals surface area contributed by atoms with E-state index in [-0.39, 0.29) is 5.92 Å². The number of aromatic amines is 1. The maximum absolute atomic E-state index is 12.7. The van der Waals surface area contributed by atoms with Crippen molar-refractivity contribution in [3.8, 4) is 0 Å². The molecule has 2 fully saturated rings. The lowest BCUT2D eigenvalue weighted by Gasteiger charge is -2.43. The molecule has 0 aliphatic carbocycles. The van der Waals surface area contributed by atoms with Crippen LogP contribution >= 0.6 is 0 Å².